The molecule has 3 heterocycles. The molecule has 4 saturated carbocycles. The van der Waals surface area contributed by atoms with Crippen molar-refractivity contribution in [2.45, 2.75) is 75.9 Å². The van der Waals surface area contributed by atoms with E-state index in [1.165, 1.54) is 44.1 Å². The van der Waals surface area contributed by atoms with Gasteiger partial charge in [0.1, 0.15) is 6.04 Å². The zero-order chi connectivity index (χ0) is 26.6. The quantitative estimate of drug-likeness (QED) is 0.499. The number of amides is 3. The Balaban J connectivity index is 0.877. The lowest BCUT2D eigenvalue weighted by molar-refractivity contribution is -0.136. The molecule has 8 nitrogen and oxygen atoms in total. The van der Waals surface area contributed by atoms with Gasteiger partial charge in [-0.1, -0.05) is 12.1 Å². The smallest absolute Gasteiger partial charge is 0.255 e. The van der Waals surface area contributed by atoms with Crippen molar-refractivity contribution in [3.63, 3.8) is 0 Å². The Hall–Kier alpha value is -2.29. The second-order valence-corrected chi connectivity index (χ2v) is 13.4. The summed E-state index contributed by atoms with van der Waals surface area (Å²) in [4.78, 5) is 43.9. The Morgan fingerprint density at radius 3 is 2.23 bits per heavy atom. The number of benzene rings is 1. The van der Waals surface area contributed by atoms with Crippen LogP contribution in [-0.4, -0.2) is 89.8 Å². The lowest BCUT2D eigenvalue weighted by atomic mass is 9.53. The van der Waals surface area contributed by atoms with E-state index in [9.17, 15) is 14.4 Å². The number of nitrogens with one attached hydrogen (secondary N) is 2. The molecule has 3 amide bonds. The zero-order valence-electron chi connectivity index (χ0n) is 23.1. The fourth-order valence-electron chi connectivity index (χ4n) is 9.21. The molecule has 1 aromatic carbocycles. The number of fused-ring (bicyclic) bond motifs is 1. The van der Waals surface area contributed by atoms with Gasteiger partial charge in [0.25, 0.3) is 5.91 Å². The van der Waals surface area contributed by atoms with Crippen molar-refractivity contribution in [1.29, 1.82) is 0 Å². The van der Waals surface area contributed by atoms with Crippen molar-refractivity contribution in [2.75, 3.05) is 45.8 Å². The Kier molecular flexibility index (Phi) is 6.76. The molecule has 8 heteroatoms. The summed E-state index contributed by atoms with van der Waals surface area (Å²) in [5, 5.41) is 6.46. The van der Waals surface area contributed by atoms with Crippen LogP contribution in [0.4, 0.5) is 0 Å². The molecule has 2 saturated heterocycles. The van der Waals surface area contributed by atoms with Gasteiger partial charge in [-0.15, -0.1) is 0 Å². The third-order valence-electron chi connectivity index (χ3n) is 10.8. The Morgan fingerprint density at radius 2 is 1.56 bits per heavy atom. The topological polar surface area (TPSA) is 85.0 Å². The summed E-state index contributed by atoms with van der Waals surface area (Å²) in [6, 6.07) is 5.42. The highest BCUT2D eigenvalue weighted by Gasteiger charge is 2.50. The highest BCUT2D eigenvalue weighted by Crippen LogP contribution is 2.55. The first kappa shape index (κ1) is 25.7. The van der Waals surface area contributed by atoms with E-state index in [-0.39, 0.29) is 24.1 Å². The van der Waals surface area contributed by atoms with Crippen molar-refractivity contribution < 1.29 is 14.4 Å². The van der Waals surface area contributed by atoms with Crippen LogP contribution in [0, 0.1) is 17.8 Å². The SMILES string of the molecule is O=C1CCC(N2Cc3c(CCN4CCN(CCNC56CC7CC(CC(C7)C5)C6)CC4)cccc3C2=O)C(=O)N1. The number of piperazine rings is 1. The number of nitrogens with zero attached hydrogens (tertiary/aromatic N) is 3. The molecule has 4 bridgehead atoms. The average molecular weight is 534 g/mol. The van der Waals surface area contributed by atoms with E-state index in [2.05, 4.69) is 26.5 Å². The minimum absolute atomic E-state index is 0.0860. The van der Waals surface area contributed by atoms with E-state index < -0.39 is 6.04 Å². The molecule has 6 fully saturated rings. The minimum Gasteiger partial charge on any atom is -0.322 e. The summed E-state index contributed by atoms with van der Waals surface area (Å²) in [5.41, 5.74) is 3.44. The molecule has 0 radical (unpaired) electrons. The first-order chi connectivity index (χ1) is 18.9. The maximum atomic E-state index is 13.1. The van der Waals surface area contributed by atoms with Crippen LogP contribution in [-0.2, 0) is 22.6 Å². The molecule has 4 aliphatic carbocycles. The molecule has 7 aliphatic rings. The summed E-state index contributed by atoms with van der Waals surface area (Å²) in [5.74, 6) is 2.31. The maximum absolute atomic E-state index is 13.1. The van der Waals surface area contributed by atoms with Crippen LogP contribution in [0.15, 0.2) is 18.2 Å². The molecule has 2 N–H and O–H groups in total. The van der Waals surface area contributed by atoms with Crippen LogP contribution in [0.25, 0.3) is 0 Å². The van der Waals surface area contributed by atoms with E-state index in [1.54, 1.807) is 4.90 Å². The first-order valence-corrected chi connectivity index (χ1v) is 15.4. The molecular weight excluding hydrogens is 490 g/mol. The van der Waals surface area contributed by atoms with Gasteiger partial charge in [0, 0.05) is 69.9 Å². The Labute approximate surface area is 231 Å². The zero-order valence-corrected chi connectivity index (χ0v) is 23.1. The highest BCUT2D eigenvalue weighted by atomic mass is 16.2. The van der Waals surface area contributed by atoms with Gasteiger partial charge < -0.3 is 15.1 Å². The number of hydrogen-bond acceptors (Lipinski definition) is 6. The molecule has 8 rings (SSSR count). The van der Waals surface area contributed by atoms with Gasteiger partial charge >= 0.3 is 0 Å². The summed E-state index contributed by atoms with van der Waals surface area (Å²) >= 11 is 0. The normalized spacial score (nSPS) is 34.6. The second-order valence-electron chi connectivity index (χ2n) is 13.4. The lowest BCUT2D eigenvalue weighted by Gasteiger charge is -2.57. The van der Waals surface area contributed by atoms with Crippen LogP contribution in [0.2, 0.25) is 0 Å². The van der Waals surface area contributed by atoms with Gasteiger partial charge in [-0.25, -0.2) is 0 Å². The van der Waals surface area contributed by atoms with Crippen molar-refractivity contribution in [1.82, 2.24) is 25.3 Å². The molecule has 0 spiro atoms. The number of imide groups is 1. The second kappa shape index (κ2) is 10.3. The van der Waals surface area contributed by atoms with Crippen molar-refractivity contribution in [2.24, 2.45) is 17.8 Å². The first-order valence-electron chi connectivity index (χ1n) is 15.4. The largest absolute Gasteiger partial charge is 0.322 e. The van der Waals surface area contributed by atoms with Crippen LogP contribution < -0.4 is 10.6 Å². The summed E-state index contributed by atoms with van der Waals surface area (Å²) in [6.07, 6.45) is 10.4. The number of carbonyl (C=O) groups excluding carboxylic acids is 3. The van der Waals surface area contributed by atoms with E-state index in [0.717, 1.165) is 75.6 Å². The van der Waals surface area contributed by atoms with Crippen LogP contribution in [0.5, 0.6) is 0 Å². The fraction of sp³-hybridized carbons (Fsp3) is 0.710. The monoisotopic (exact) mass is 533 g/mol. The Bertz CT molecular complexity index is 1110. The third-order valence-corrected chi connectivity index (χ3v) is 10.8. The number of piperidine rings is 1. The van der Waals surface area contributed by atoms with E-state index in [1.807, 2.05) is 12.1 Å². The van der Waals surface area contributed by atoms with Gasteiger partial charge in [-0.05, 0) is 86.3 Å². The predicted molar refractivity (Wildman–Crippen MR) is 148 cm³/mol. The van der Waals surface area contributed by atoms with Crippen molar-refractivity contribution in [3.8, 4) is 0 Å². The molecule has 210 valence electrons. The van der Waals surface area contributed by atoms with Crippen LogP contribution >= 0.6 is 0 Å². The van der Waals surface area contributed by atoms with Crippen LogP contribution in [0.1, 0.15) is 72.9 Å². The highest BCUT2D eigenvalue weighted by molar-refractivity contribution is 6.05. The predicted octanol–water partition coefficient (Wildman–Crippen LogP) is 2.17. The number of carbonyl (C=O) groups is 3. The number of rotatable bonds is 8. The average Bonchev–Trinajstić information content (AvgIpc) is 3.24. The lowest BCUT2D eigenvalue weighted by Crippen LogP contribution is -2.59. The summed E-state index contributed by atoms with van der Waals surface area (Å²) in [6.45, 7) is 8.15. The number of hydrogen-bond donors (Lipinski definition) is 2. The molecule has 1 unspecified atom stereocenters. The summed E-state index contributed by atoms with van der Waals surface area (Å²) in [7, 11) is 0. The molecular formula is C31H43N5O3. The van der Waals surface area contributed by atoms with Gasteiger partial charge in [0.2, 0.25) is 11.8 Å². The maximum Gasteiger partial charge on any atom is 0.255 e. The molecule has 39 heavy (non-hydrogen) atoms. The van der Waals surface area contributed by atoms with E-state index >= 15 is 0 Å². The molecule has 3 aliphatic heterocycles. The Morgan fingerprint density at radius 1 is 0.897 bits per heavy atom. The van der Waals surface area contributed by atoms with Gasteiger partial charge in [0.15, 0.2) is 0 Å². The van der Waals surface area contributed by atoms with E-state index in [4.69, 9.17) is 0 Å². The molecule has 1 aromatic rings. The minimum atomic E-state index is -0.555. The van der Waals surface area contributed by atoms with E-state index in [0.29, 0.717) is 24.1 Å². The fourth-order valence-corrected chi connectivity index (χ4v) is 9.21. The van der Waals surface area contributed by atoms with Crippen LogP contribution in [0.3, 0.4) is 0 Å². The van der Waals surface area contributed by atoms with Gasteiger partial charge in [0.05, 0.1) is 0 Å². The van der Waals surface area contributed by atoms with Crippen molar-refractivity contribution >= 4 is 17.7 Å². The third kappa shape index (κ3) is 5.04. The standard InChI is InChI=1S/C31H43N5O3/c37-28-5-4-27(29(38)33-28)36-20-26-24(2-1-3-25(26)30(36)39)6-8-34-10-12-35(13-11-34)9-7-32-31-17-21-14-22(18-31)16-23(15-21)19-31/h1-3,21-23,27,32H,4-20H2,(H,33,37,38). The molecule has 0 aromatic heterocycles. The van der Waals surface area contributed by atoms with Gasteiger partial charge in [-0.2, -0.15) is 0 Å². The van der Waals surface area contributed by atoms with Gasteiger partial charge in [-0.3, -0.25) is 24.6 Å². The summed E-state index contributed by atoms with van der Waals surface area (Å²) < 4.78 is 0. The van der Waals surface area contributed by atoms with Crippen molar-refractivity contribution in [3.05, 3.63) is 34.9 Å². The molecule has 1 atom stereocenters.